The number of H-pyrrole nitrogens is 2. The van der Waals surface area contributed by atoms with Crippen molar-refractivity contribution in [3.8, 4) is 33.8 Å². The van der Waals surface area contributed by atoms with E-state index in [2.05, 4.69) is 53.6 Å². The number of nitrogens with zero attached hydrogens (tertiary/aromatic N) is 5. The predicted molar refractivity (Wildman–Crippen MR) is 152 cm³/mol. The first-order valence-electron chi connectivity index (χ1n) is 12.9. The summed E-state index contributed by atoms with van der Waals surface area (Å²) < 4.78 is 13.5. The van der Waals surface area contributed by atoms with Crippen molar-refractivity contribution in [2.24, 2.45) is 0 Å². The van der Waals surface area contributed by atoms with Crippen LogP contribution in [0.25, 0.3) is 56.0 Å². The molecule has 8 nitrogen and oxygen atoms in total. The number of imidazole rings is 1. The number of rotatable bonds is 7. The molecule has 194 valence electrons. The maximum Gasteiger partial charge on any atom is 0.161 e. The maximum atomic E-state index is 13.5. The molecule has 40 heavy (non-hydrogen) atoms. The van der Waals surface area contributed by atoms with E-state index in [-0.39, 0.29) is 5.82 Å². The highest BCUT2D eigenvalue weighted by atomic mass is 19.1. The molecule has 0 atom stereocenters. The molecule has 0 bridgehead atoms. The fourth-order valence-corrected chi connectivity index (χ4v) is 4.82. The van der Waals surface area contributed by atoms with Crippen LogP contribution in [0.3, 0.4) is 0 Å². The largest absolute Gasteiger partial charge is 0.321 e. The Morgan fingerprint density at radius 2 is 1.57 bits per heavy atom. The Morgan fingerprint density at radius 1 is 0.750 bits per heavy atom. The first kappa shape index (κ1) is 23.8. The maximum absolute atomic E-state index is 13.5. The second-order valence-corrected chi connectivity index (χ2v) is 9.51. The zero-order chi connectivity index (χ0) is 26.9. The summed E-state index contributed by atoms with van der Waals surface area (Å²) in [7, 11) is 0. The molecule has 5 aromatic heterocycles. The third-order valence-electron chi connectivity index (χ3n) is 6.81. The van der Waals surface area contributed by atoms with Crippen LogP contribution in [0.15, 0.2) is 97.6 Å². The van der Waals surface area contributed by atoms with Gasteiger partial charge in [-0.05, 0) is 47.0 Å². The molecule has 0 aliphatic heterocycles. The van der Waals surface area contributed by atoms with E-state index in [0.717, 1.165) is 39.7 Å². The van der Waals surface area contributed by atoms with E-state index in [9.17, 15) is 4.39 Å². The van der Waals surface area contributed by atoms with Crippen molar-refractivity contribution in [1.82, 2.24) is 40.4 Å². The summed E-state index contributed by atoms with van der Waals surface area (Å²) in [6.45, 7) is 1.48. The van der Waals surface area contributed by atoms with Gasteiger partial charge in [0.2, 0.25) is 0 Å². The van der Waals surface area contributed by atoms with Crippen LogP contribution in [0.4, 0.5) is 4.39 Å². The van der Waals surface area contributed by atoms with Gasteiger partial charge in [-0.15, -0.1) is 0 Å². The molecule has 0 aliphatic rings. The van der Waals surface area contributed by atoms with Crippen molar-refractivity contribution in [1.29, 1.82) is 0 Å². The zero-order valence-corrected chi connectivity index (χ0v) is 21.3. The first-order valence-corrected chi connectivity index (χ1v) is 12.9. The fourth-order valence-electron chi connectivity index (χ4n) is 4.82. The molecule has 5 heterocycles. The van der Waals surface area contributed by atoms with Crippen molar-refractivity contribution in [3.63, 3.8) is 0 Å². The molecule has 0 spiro atoms. The lowest BCUT2D eigenvalue weighted by atomic mass is 10.1. The van der Waals surface area contributed by atoms with Crippen LogP contribution in [0.5, 0.6) is 0 Å². The fraction of sp³-hybridized carbons (Fsp3) is 0.0645. The van der Waals surface area contributed by atoms with E-state index >= 15 is 0 Å². The average molecular weight is 527 g/mol. The van der Waals surface area contributed by atoms with Gasteiger partial charge in [0.25, 0.3) is 0 Å². The van der Waals surface area contributed by atoms with Gasteiger partial charge in [-0.1, -0.05) is 42.5 Å². The van der Waals surface area contributed by atoms with Crippen LogP contribution >= 0.6 is 0 Å². The summed E-state index contributed by atoms with van der Waals surface area (Å²) in [6, 6.07) is 22.7. The Labute approximate surface area is 228 Å². The van der Waals surface area contributed by atoms with Gasteiger partial charge in [0.1, 0.15) is 17.0 Å². The standard InChI is InChI=1S/C31H23FN8/c32-24-8-6-21(7-9-24)25-10-11-35-30-27(25)37-31(38-30)28-26-13-23(18-36-29(26)40-39-28)22-12-20(16-34-17-22)15-33-14-19-4-2-1-3-5-19/h1-13,16-18,33H,14-15H2,(H,35,37,38)(H,36,39,40). The molecule has 0 amide bonds. The minimum atomic E-state index is -0.285. The number of hydrogen-bond donors (Lipinski definition) is 3. The molecule has 2 aromatic carbocycles. The molecule has 9 heteroatoms. The number of fused-ring (bicyclic) bond motifs is 2. The quantitative estimate of drug-likeness (QED) is 0.233. The van der Waals surface area contributed by atoms with Gasteiger partial charge in [-0.2, -0.15) is 5.10 Å². The lowest BCUT2D eigenvalue weighted by molar-refractivity contribution is 0.628. The summed E-state index contributed by atoms with van der Waals surface area (Å²) >= 11 is 0. The van der Waals surface area contributed by atoms with Crippen LogP contribution in [0, 0.1) is 5.82 Å². The minimum Gasteiger partial charge on any atom is -0.321 e. The summed E-state index contributed by atoms with van der Waals surface area (Å²) in [4.78, 5) is 21.7. The third-order valence-corrected chi connectivity index (χ3v) is 6.81. The predicted octanol–water partition coefficient (Wildman–Crippen LogP) is 6.05. The van der Waals surface area contributed by atoms with Gasteiger partial charge in [0.05, 0.1) is 5.39 Å². The number of hydrogen-bond acceptors (Lipinski definition) is 6. The molecule has 0 radical (unpaired) electrons. The second kappa shape index (κ2) is 10.1. The van der Waals surface area contributed by atoms with Gasteiger partial charge < -0.3 is 10.3 Å². The van der Waals surface area contributed by atoms with Crippen molar-refractivity contribution < 1.29 is 4.39 Å². The van der Waals surface area contributed by atoms with Gasteiger partial charge in [-0.3, -0.25) is 10.1 Å². The zero-order valence-electron chi connectivity index (χ0n) is 21.3. The summed E-state index contributed by atoms with van der Waals surface area (Å²) in [5.74, 6) is 0.284. The van der Waals surface area contributed by atoms with Gasteiger partial charge >= 0.3 is 0 Å². The van der Waals surface area contributed by atoms with E-state index in [1.807, 2.05) is 48.9 Å². The van der Waals surface area contributed by atoms with E-state index in [1.54, 1.807) is 18.3 Å². The Hall–Kier alpha value is -5.28. The van der Waals surface area contributed by atoms with Crippen LogP contribution in [0.2, 0.25) is 0 Å². The van der Waals surface area contributed by atoms with E-state index in [4.69, 9.17) is 4.98 Å². The summed E-state index contributed by atoms with van der Waals surface area (Å²) in [5, 5.41) is 11.8. The Balaban J connectivity index is 1.20. The summed E-state index contributed by atoms with van der Waals surface area (Å²) in [5.41, 5.74) is 8.52. The average Bonchev–Trinajstić information content (AvgIpc) is 3.62. The molecule has 3 N–H and O–H groups in total. The molecule has 0 unspecified atom stereocenters. The molecule has 0 fully saturated rings. The number of pyridine rings is 3. The Kier molecular flexibility index (Phi) is 6.02. The summed E-state index contributed by atoms with van der Waals surface area (Å²) in [6.07, 6.45) is 7.23. The van der Waals surface area contributed by atoms with Crippen LogP contribution < -0.4 is 5.32 Å². The molecular formula is C31H23FN8. The van der Waals surface area contributed by atoms with Crippen LogP contribution in [0.1, 0.15) is 11.1 Å². The Bertz CT molecular complexity index is 1940. The molecule has 0 aliphatic carbocycles. The topological polar surface area (TPSA) is 108 Å². The van der Waals surface area contributed by atoms with Crippen LogP contribution in [-0.4, -0.2) is 35.1 Å². The van der Waals surface area contributed by atoms with Gasteiger partial charge in [-0.25, -0.2) is 19.3 Å². The van der Waals surface area contributed by atoms with Crippen molar-refractivity contribution in [2.45, 2.75) is 13.1 Å². The van der Waals surface area contributed by atoms with E-state index < -0.39 is 0 Å². The minimum absolute atomic E-state index is 0.285. The third kappa shape index (κ3) is 4.59. The van der Waals surface area contributed by atoms with E-state index in [0.29, 0.717) is 34.9 Å². The molecular weight excluding hydrogens is 503 g/mol. The normalized spacial score (nSPS) is 11.4. The van der Waals surface area contributed by atoms with Crippen molar-refractivity contribution in [2.75, 3.05) is 0 Å². The van der Waals surface area contributed by atoms with E-state index in [1.165, 1.54) is 17.7 Å². The first-order chi connectivity index (χ1) is 19.7. The second-order valence-electron chi connectivity index (χ2n) is 9.51. The monoisotopic (exact) mass is 526 g/mol. The lowest BCUT2D eigenvalue weighted by Gasteiger charge is -2.07. The number of benzene rings is 2. The highest BCUT2D eigenvalue weighted by molar-refractivity contribution is 5.96. The SMILES string of the molecule is Fc1ccc(-c2ccnc3[nH]c(-c4n[nH]c5ncc(-c6cncc(CNCc7ccccc7)c6)cc45)nc23)cc1. The lowest BCUT2D eigenvalue weighted by Crippen LogP contribution is -2.12. The molecule has 7 aromatic rings. The van der Waals surface area contributed by atoms with Crippen LogP contribution in [-0.2, 0) is 13.1 Å². The van der Waals surface area contributed by atoms with Crippen molar-refractivity contribution >= 4 is 22.2 Å². The highest BCUT2D eigenvalue weighted by Gasteiger charge is 2.17. The van der Waals surface area contributed by atoms with Crippen molar-refractivity contribution in [3.05, 3.63) is 115 Å². The molecule has 0 saturated carbocycles. The molecule has 0 saturated heterocycles. The van der Waals surface area contributed by atoms with Gasteiger partial charge in [0.15, 0.2) is 17.1 Å². The Morgan fingerprint density at radius 3 is 2.45 bits per heavy atom. The number of halogens is 1. The van der Waals surface area contributed by atoms with Gasteiger partial charge in [0, 0.05) is 54.6 Å². The number of nitrogens with one attached hydrogen (secondary N) is 3. The number of aromatic nitrogens is 7. The number of aromatic amines is 2. The smallest absolute Gasteiger partial charge is 0.161 e. The highest BCUT2D eigenvalue weighted by Crippen LogP contribution is 2.32. The molecule has 7 rings (SSSR count).